The molecule has 88 valence electrons. The maximum absolute atomic E-state index is 3.57. The summed E-state index contributed by atoms with van der Waals surface area (Å²) >= 11 is 0. The molecule has 0 atom stereocenters. The summed E-state index contributed by atoms with van der Waals surface area (Å²) in [6, 6.07) is 11.7. The second kappa shape index (κ2) is 6.70. The second-order valence-corrected chi connectivity index (χ2v) is 4.88. The first-order valence-electron chi connectivity index (χ1n) is 6.72. The van der Waals surface area contributed by atoms with Crippen LogP contribution in [0.4, 0.5) is 0 Å². The van der Waals surface area contributed by atoms with E-state index in [2.05, 4.69) is 35.6 Å². The monoisotopic (exact) mass is 217 g/mol. The molecule has 1 aliphatic carbocycles. The van der Waals surface area contributed by atoms with Gasteiger partial charge in [0.1, 0.15) is 0 Å². The van der Waals surface area contributed by atoms with E-state index in [1.54, 1.807) is 0 Å². The van der Waals surface area contributed by atoms with E-state index in [1.165, 1.54) is 57.1 Å². The van der Waals surface area contributed by atoms with Crippen LogP contribution in [0, 0.1) is 0 Å². The van der Waals surface area contributed by atoms with Crippen LogP contribution in [0.15, 0.2) is 30.3 Å². The van der Waals surface area contributed by atoms with E-state index in [1.807, 2.05) is 0 Å². The molecule has 1 saturated carbocycles. The minimum Gasteiger partial charge on any atom is -0.314 e. The molecule has 1 aromatic rings. The highest BCUT2D eigenvalue weighted by molar-refractivity contribution is 5.14. The van der Waals surface area contributed by atoms with Crippen LogP contribution in [-0.4, -0.2) is 12.6 Å². The third-order valence-electron chi connectivity index (χ3n) is 3.25. The van der Waals surface area contributed by atoms with Crippen LogP contribution >= 0.6 is 0 Å². The topological polar surface area (TPSA) is 12.0 Å². The Morgan fingerprint density at radius 1 is 0.938 bits per heavy atom. The molecule has 1 N–H and O–H groups in total. The van der Waals surface area contributed by atoms with Gasteiger partial charge in [-0.1, -0.05) is 43.2 Å². The molecule has 0 spiro atoms. The zero-order chi connectivity index (χ0) is 11.1. The van der Waals surface area contributed by atoms with Gasteiger partial charge in [-0.25, -0.2) is 0 Å². The first-order chi connectivity index (χ1) is 7.95. The molecule has 1 fully saturated rings. The van der Waals surface area contributed by atoms with Crippen molar-refractivity contribution >= 4 is 0 Å². The van der Waals surface area contributed by atoms with Crippen molar-refractivity contribution in [3.05, 3.63) is 35.9 Å². The molecular weight excluding hydrogens is 194 g/mol. The third-order valence-corrected chi connectivity index (χ3v) is 3.25. The summed E-state index contributed by atoms with van der Waals surface area (Å²) in [5, 5.41) is 3.57. The summed E-state index contributed by atoms with van der Waals surface area (Å²) in [6.45, 7) is 1.23. The molecule has 1 aromatic carbocycles. The Bertz CT molecular complexity index is 277. The van der Waals surface area contributed by atoms with Crippen molar-refractivity contribution in [3.8, 4) is 0 Å². The van der Waals surface area contributed by atoms with Crippen LogP contribution in [0.25, 0.3) is 0 Å². The molecule has 0 heterocycles. The molecule has 0 amide bonds. The van der Waals surface area contributed by atoms with Crippen molar-refractivity contribution < 1.29 is 0 Å². The van der Waals surface area contributed by atoms with E-state index >= 15 is 0 Å². The van der Waals surface area contributed by atoms with Crippen molar-refractivity contribution in [1.29, 1.82) is 0 Å². The Labute approximate surface area is 99.3 Å². The second-order valence-electron chi connectivity index (χ2n) is 4.88. The largest absolute Gasteiger partial charge is 0.314 e. The molecule has 0 saturated heterocycles. The van der Waals surface area contributed by atoms with Crippen molar-refractivity contribution in [3.63, 3.8) is 0 Å². The zero-order valence-electron chi connectivity index (χ0n) is 10.1. The molecule has 0 aliphatic heterocycles. The number of hydrogen-bond acceptors (Lipinski definition) is 1. The lowest BCUT2D eigenvalue weighted by Crippen LogP contribution is -2.17. The van der Waals surface area contributed by atoms with E-state index in [9.17, 15) is 0 Å². The quantitative estimate of drug-likeness (QED) is 0.657. The highest BCUT2D eigenvalue weighted by atomic mass is 14.9. The Morgan fingerprint density at radius 2 is 1.69 bits per heavy atom. The normalized spacial score (nSPS) is 15.2. The maximum atomic E-state index is 3.57. The van der Waals surface area contributed by atoms with Gasteiger partial charge in [0, 0.05) is 6.04 Å². The smallest absolute Gasteiger partial charge is 0.00682 e. The summed E-state index contributed by atoms with van der Waals surface area (Å²) in [6.07, 6.45) is 9.52. The predicted octanol–water partition coefficient (Wildman–Crippen LogP) is 3.54. The fourth-order valence-electron chi connectivity index (χ4n) is 2.05. The summed E-state index contributed by atoms with van der Waals surface area (Å²) in [5.41, 5.74) is 1.48. The number of nitrogens with one attached hydrogen (secondary N) is 1. The Kier molecular flexibility index (Phi) is 4.88. The van der Waals surface area contributed by atoms with E-state index in [4.69, 9.17) is 0 Å². The zero-order valence-corrected chi connectivity index (χ0v) is 10.1. The lowest BCUT2D eigenvalue weighted by Gasteiger charge is -2.03. The summed E-state index contributed by atoms with van der Waals surface area (Å²) < 4.78 is 0. The van der Waals surface area contributed by atoms with Gasteiger partial charge in [-0.2, -0.15) is 0 Å². The van der Waals surface area contributed by atoms with Gasteiger partial charge >= 0.3 is 0 Å². The maximum Gasteiger partial charge on any atom is 0.00682 e. The summed E-state index contributed by atoms with van der Waals surface area (Å²) in [5.74, 6) is 0. The van der Waals surface area contributed by atoms with Crippen LogP contribution in [0.3, 0.4) is 0 Å². The van der Waals surface area contributed by atoms with Gasteiger partial charge in [0.25, 0.3) is 0 Å². The SMILES string of the molecule is c1ccc(CCCCCCNC2CC2)cc1. The molecule has 0 aromatic heterocycles. The molecule has 1 nitrogen and oxygen atoms in total. The molecule has 16 heavy (non-hydrogen) atoms. The Balaban J connectivity index is 1.42. The first-order valence-corrected chi connectivity index (χ1v) is 6.72. The van der Waals surface area contributed by atoms with Gasteiger partial charge in [-0.05, 0) is 44.2 Å². The van der Waals surface area contributed by atoms with E-state index in [0.29, 0.717) is 0 Å². The van der Waals surface area contributed by atoms with Crippen LogP contribution in [0.1, 0.15) is 44.1 Å². The van der Waals surface area contributed by atoms with E-state index < -0.39 is 0 Å². The summed E-state index contributed by atoms with van der Waals surface area (Å²) in [7, 11) is 0. The lowest BCUT2D eigenvalue weighted by molar-refractivity contribution is 0.585. The van der Waals surface area contributed by atoms with Crippen LogP contribution in [-0.2, 0) is 6.42 Å². The van der Waals surface area contributed by atoms with Crippen LogP contribution in [0.5, 0.6) is 0 Å². The number of aryl methyl sites for hydroxylation is 1. The highest BCUT2D eigenvalue weighted by Crippen LogP contribution is 2.18. The van der Waals surface area contributed by atoms with Gasteiger partial charge in [0.2, 0.25) is 0 Å². The number of hydrogen-bond donors (Lipinski definition) is 1. The minimum atomic E-state index is 0.879. The average molecular weight is 217 g/mol. The van der Waals surface area contributed by atoms with E-state index in [-0.39, 0.29) is 0 Å². The fourth-order valence-corrected chi connectivity index (χ4v) is 2.05. The summed E-state index contributed by atoms with van der Waals surface area (Å²) in [4.78, 5) is 0. The molecule has 0 unspecified atom stereocenters. The molecule has 0 bridgehead atoms. The van der Waals surface area contributed by atoms with Gasteiger partial charge in [0.15, 0.2) is 0 Å². The number of unbranched alkanes of at least 4 members (excludes halogenated alkanes) is 3. The van der Waals surface area contributed by atoms with Crippen molar-refractivity contribution in [2.45, 2.75) is 51.0 Å². The molecule has 0 radical (unpaired) electrons. The van der Waals surface area contributed by atoms with Gasteiger partial charge in [0.05, 0.1) is 0 Å². The fraction of sp³-hybridized carbons (Fsp3) is 0.600. The van der Waals surface area contributed by atoms with Crippen LogP contribution in [0.2, 0.25) is 0 Å². The molecule has 2 rings (SSSR count). The molecule has 1 heteroatoms. The lowest BCUT2D eigenvalue weighted by atomic mass is 10.1. The van der Waals surface area contributed by atoms with Crippen LogP contribution < -0.4 is 5.32 Å². The molecule has 1 aliphatic rings. The van der Waals surface area contributed by atoms with E-state index in [0.717, 1.165) is 6.04 Å². The van der Waals surface area contributed by atoms with Crippen molar-refractivity contribution in [2.24, 2.45) is 0 Å². The van der Waals surface area contributed by atoms with Crippen molar-refractivity contribution in [2.75, 3.05) is 6.54 Å². The van der Waals surface area contributed by atoms with Crippen molar-refractivity contribution in [1.82, 2.24) is 5.32 Å². The average Bonchev–Trinajstić information content (AvgIpc) is 3.13. The van der Waals surface area contributed by atoms with Gasteiger partial charge < -0.3 is 5.32 Å². The number of rotatable bonds is 8. The highest BCUT2D eigenvalue weighted by Gasteiger charge is 2.19. The van der Waals surface area contributed by atoms with Gasteiger partial charge in [-0.3, -0.25) is 0 Å². The predicted molar refractivity (Wildman–Crippen MR) is 69.6 cm³/mol. The van der Waals surface area contributed by atoms with Gasteiger partial charge in [-0.15, -0.1) is 0 Å². The first kappa shape index (κ1) is 11.7. The minimum absolute atomic E-state index is 0.879. The standard InChI is InChI=1S/C15H23N/c1(2-7-13-16-15-11-12-15)4-8-14-9-5-3-6-10-14/h3,5-6,9-10,15-16H,1-2,4,7-8,11-13H2. The Morgan fingerprint density at radius 3 is 2.44 bits per heavy atom. The third kappa shape index (κ3) is 4.80. The number of benzene rings is 1. The Hall–Kier alpha value is -0.820. The molecular formula is C15H23N.